The molecule has 0 spiro atoms. The normalized spacial score (nSPS) is 10.3. The topological polar surface area (TPSA) is 77.5 Å². The number of anilines is 1. The van der Waals surface area contributed by atoms with Gasteiger partial charge in [0, 0.05) is 19.3 Å². The lowest BCUT2D eigenvalue weighted by Crippen LogP contribution is -2.10. The molecular formula is C10H16N2O3. The molecule has 15 heavy (non-hydrogen) atoms. The van der Waals surface area contributed by atoms with Gasteiger partial charge in [-0.3, -0.25) is 0 Å². The van der Waals surface area contributed by atoms with E-state index >= 15 is 0 Å². The molecule has 1 aromatic heterocycles. The van der Waals surface area contributed by atoms with Crippen molar-refractivity contribution in [2.75, 3.05) is 19.5 Å². The number of aliphatic hydroxyl groups is 1. The summed E-state index contributed by atoms with van der Waals surface area (Å²) in [7, 11) is 1.34. The van der Waals surface area contributed by atoms with Gasteiger partial charge in [0.15, 0.2) is 0 Å². The average molecular weight is 212 g/mol. The summed E-state index contributed by atoms with van der Waals surface area (Å²) in [5.41, 5.74) is 6.59. The number of nitrogen functional groups attached to an aromatic ring is 1. The van der Waals surface area contributed by atoms with E-state index in [-0.39, 0.29) is 6.61 Å². The molecule has 0 aliphatic heterocycles. The highest BCUT2D eigenvalue weighted by molar-refractivity contribution is 5.88. The highest BCUT2D eigenvalue weighted by Gasteiger charge is 2.12. The lowest BCUT2D eigenvalue weighted by atomic mass is 10.3. The van der Waals surface area contributed by atoms with Gasteiger partial charge < -0.3 is 20.1 Å². The molecule has 5 heteroatoms. The number of rotatable bonds is 5. The predicted octanol–water partition coefficient (Wildman–Crippen LogP) is 0.629. The number of carbonyl (C=O) groups is 1. The molecule has 1 rings (SSSR count). The molecule has 0 bridgehead atoms. The minimum absolute atomic E-state index is 0.157. The summed E-state index contributed by atoms with van der Waals surface area (Å²) in [5, 5.41) is 8.65. The van der Waals surface area contributed by atoms with Gasteiger partial charge in [0.25, 0.3) is 0 Å². The third kappa shape index (κ3) is 2.99. The number of ether oxygens (including phenoxy) is 1. The number of carbonyl (C=O) groups excluding carboxylic acids is 1. The van der Waals surface area contributed by atoms with Crippen molar-refractivity contribution in [1.82, 2.24) is 4.57 Å². The molecule has 1 heterocycles. The van der Waals surface area contributed by atoms with Crippen LogP contribution in [0.5, 0.6) is 0 Å². The highest BCUT2D eigenvalue weighted by Crippen LogP contribution is 2.12. The monoisotopic (exact) mass is 212 g/mol. The lowest BCUT2D eigenvalue weighted by Gasteiger charge is -2.06. The Morgan fingerprint density at radius 1 is 1.60 bits per heavy atom. The van der Waals surface area contributed by atoms with Gasteiger partial charge in [0.05, 0.1) is 12.8 Å². The fourth-order valence-corrected chi connectivity index (χ4v) is 1.39. The minimum Gasteiger partial charge on any atom is -0.464 e. The van der Waals surface area contributed by atoms with E-state index in [0.29, 0.717) is 24.3 Å². The molecule has 0 fully saturated rings. The zero-order chi connectivity index (χ0) is 11.3. The minimum atomic E-state index is -0.393. The first kappa shape index (κ1) is 11.6. The van der Waals surface area contributed by atoms with E-state index in [4.69, 9.17) is 10.8 Å². The molecule has 0 saturated heterocycles. The average Bonchev–Trinajstić information content (AvgIpc) is 2.59. The Hall–Kier alpha value is -1.49. The summed E-state index contributed by atoms with van der Waals surface area (Å²) in [6, 6.07) is 1.59. The van der Waals surface area contributed by atoms with Crippen molar-refractivity contribution in [3.8, 4) is 0 Å². The third-order valence-electron chi connectivity index (χ3n) is 2.12. The molecule has 0 aliphatic carbocycles. The van der Waals surface area contributed by atoms with E-state index in [2.05, 4.69) is 4.74 Å². The van der Waals surface area contributed by atoms with Gasteiger partial charge in [-0.2, -0.15) is 0 Å². The molecule has 0 unspecified atom stereocenters. The molecule has 0 atom stereocenters. The number of nitrogens with zero attached hydrogens (tertiary/aromatic N) is 1. The SMILES string of the molecule is COC(=O)c1cc(N)cn1CCCCO. The summed E-state index contributed by atoms with van der Waals surface area (Å²) in [6.07, 6.45) is 3.21. The van der Waals surface area contributed by atoms with Crippen LogP contribution in [0.1, 0.15) is 23.3 Å². The van der Waals surface area contributed by atoms with Gasteiger partial charge in [-0.05, 0) is 18.9 Å². The van der Waals surface area contributed by atoms with Gasteiger partial charge in [-0.1, -0.05) is 0 Å². The van der Waals surface area contributed by atoms with E-state index < -0.39 is 5.97 Å². The fraction of sp³-hybridized carbons (Fsp3) is 0.500. The summed E-state index contributed by atoms with van der Waals surface area (Å²) >= 11 is 0. The van der Waals surface area contributed by atoms with Crippen LogP contribution in [0.2, 0.25) is 0 Å². The molecule has 0 aromatic carbocycles. The molecule has 0 radical (unpaired) electrons. The van der Waals surface area contributed by atoms with E-state index in [9.17, 15) is 4.79 Å². The summed E-state index contributed by atoms with van der Waals surface area (Å²) in [6.45, 7) is 0.812. The number of aryl methyl sites for hydroxylation is 1. The van der Waals surface area contributed by atoms with E-state index in [1.54, 1.807) is 16.8 Å². The predicted molar refractivity (Wildman–Crippen MR) is 56.5 cm³/mol. The Labute approximate surface area is 88.4 Å². The van der Waals surface area contributed by atoms with Crippen LogP contribution in [0.25, 0.3) is 0 Å². The van der Waals surface area contributed by atoms with Crippen molar-refractivity contribution in [2.45, 2.75) is 19.4 Å². The van der Waals surface area contributed by atoms with Crippen molar-refractivity contribution in [3.63, 3.8) is 0 Å². The van der Waals surface area contributed by atoms with Gasteiger partial charge in [0.1, 0.15) is 5.69 Å². The summed E-state index contributed by atoms with van der Waals surface area (Å²) < 4.78 is 6.38. The Bertz CT molecular complexity index is 333. The number of nitrogens with two attached hydrogens (primary N) is 1. The van der Waals surface area contributed by atoms with Crippen molar-refractivity contribution in [1.29, 1.82) is 0 Å². The van der Waals surface area contributed by atoms with Crippen molar-refractivity contribution >= 4 is 11.7 Å². The smallest absolute Gasteiger partial charge is 0.354 e. The van der Waals surface area contributed by atoms with Crippen molar-refractivity contribution < 1.29 is 14.6 Å². The van der Waals surface area contributed by atoms with Gasteiger partial charge in [0.2, 0.25) is 0 Å². The number of methoxy groups -OCH3 is 1. The first-order chi connectivity index (χ1) is 7.19. The van der Waals surface area contributed by atoms with Crippen molar-refractivity contribution in [2.24, 2.45) is 0 Å². The third-order valence-corrected chi connectivity index (χ3v) is 2.12. The van der Waals surface area contributed by atoms with Gasteiger partial charge >= 0.3 is 5.97 Å². The first-order valence-electron chi connectivity index (χ1n) is 4.84. The van der Waals surface area contributed by atoms with Crippen LogP contribution in [0.15, 0.2) is 12.3 Å². The van der Waals surface area contributed by atoms with Gasteiger partial charge in [-0.25, -0.2) is 4.79 Å². The molecule has 3 N–H and O–H groups in total. The maximum atomic E-state index is 11.3. The van der Waals surface area contributed by atoms with Crippen LogP contribution in [-0.2, 0) is 11.3 Å². The second-order valence-corrected chi connectivity index (χ2v) is 3.27. The van der Waals surface area contributed by atoms with E-state index in [1.807, 2.05) is 0 Å². The largest absolute Gasteiger partial charge is 0.464 e. The Balaban J connectivity index is 2.72. The molecule has 0 amide bonds. The number of aromatic nitrogens is 1. The van der Waals surface area contributed by atoms with Crippen LogP contribution < -0.4 is 5.73 Å². The first-order valence-corrected chi connectivity index (χ1v) is 4.84. The maximum Gasteiger partial charge on any atom is 0.354 e. The summed E-state index contributed by atoms with van der Waals surface area (Å²) in [4.78, 5) is 11.3. The zero-order valence-electron chi connectivity index (χ0n) is 8.77. The van der Waals surface area contributed by atoms with Crippen LogP contribution in [0, 0.1) is 0 Å². The summed E-state index contributed by atoms with van der Waals surface area (Å²) in [5.74, 6) is -0.393. The number of unbranched alkanes of at least 4 members (excludes halogenated alkanes) is 1. The molecule has 5 nitrogen and oxygen atoms in total. The molecule has 0 saturated carbocycles. The maximum absolute atomic E-state index is 11.3. The van der Waals surface area contributed by atoms with E-state index in [0.717, 1.165) is 6.42 Å². The second-order valence-electron chi connectivity index (χ2n) is 3.27. The van der Waals surface area contributed by atoms with Crippen LogP contribution in [0.4, 0.5) is 5.69 Å². The lowest BCUT2D eigenvalue weighted by molar-refractivity contribution is 0.0588. The standard InChI is InChI=1S/C10H16N2O3/c1-15-10(14)9-6-8(11)7-12(9)4-2-3-5-13/h6-7,13H,2-5,11H2,1H3. The Morgan fingerprint density at radius 2 is 2.33 bits per heavy atom. The molecule has 1 aromatic rings. The second kappa shape index (κ2) is 5.41. The Morgan fingerprint density at radius 3 is 2.93 bits per heavy atom. The Kier molecular flexibility index (Phi) is 4.17. The molecule has 0 aliphatic rings. The molecule has 84 valence electrons. The zero-order valence-corrected chi connectivity index (χ0v) is 8.77. The van der Waals surface area contributed by atoms with Crippen LogP contribution in [-0.4, -0.2) is 29.4 Å². The van der Waals surface area contributed by atoms with Crippen molar-refractivity contribution in [3.05, 3.63) is 18.0 Å². The highest BCUT2D eigenvalue weighted by atomic mass is 16.5. The van der Waals surface area contributed by atoms with Gasteiger partial charge in [-0.15, -0.1) is 0 Å². The number of esters is 1. The van der Waals surface area contributed by atoms with Crippen LogP contribution >= 0.6 is 0 Å². The van der Waals surface area contributed by atoms with E-state index in [1.165, 1.54) is 7.11 Å². The number of hydrogen-bond donors (Lipinski definition) is 2. The number of hydrogen-bond acceptors (Lipinski definition) is 4. The van der Waals surface area contributed by atoms with Crippen LogP contribution in [0.3, 0.4) is 0 Å². The number of aliphatic hydroxyl groups excluding tert-OH is 1. The molecular weight excluding hydrogens is 196 g/mol. The quantitative estimate of drug-likeness (QED) is 0.554. The fourth-order valence-electron chi connectivity index (χ4n) is 1.39.